The number of hydrogen-bond donors (Lipinski definition) is 1. The van der Waals surface area contributed by atoms with Crippen molar-refractivity contribution < 1.29 is 4.52 Å². The van der Waals surface area contributed by atoms with Crippen molar-refractivity contribution in [2.75, 3.05) is 0 Å². The van der Waals surface area contributed by atoms with E-state index >= 15 is 0 Å². The van der Waals surface area contributed by atoms with Crippen molar-refractivity contribution in [3.63, 3.8) is 0 Å². The van der Waals surface area contributed by atoms with Crippen LogP contribution in [0.3, 0.4) is 0 Å². The van der Waals surface area contributed by atoms with E-state index in [9.17, 15) is 0 Å². The third-order valence-electron chi connectivity index (χ3n) is 4.74. The molecule has 1 aromatic rings. The Labute approximate surface area is 115 Å². The molecule has 0 aliphatic heterocycles. The summed E-state index contributed by atoms with van der Waals surface area (Å²) in [7, 11) is 0. The maximum absolute atomic E-state index is 6.04. The molecule has 0 aromatic carbocycles. The molecule has 1 aromatic heterocycles. The zero-order valence-electron chi connectivity index (χ0n) is 11.7. The van der Waals surface area contributed by atoms with Gasteiger partial charge in [0.15, 0.2) is 5.82 Å². The second-order valence-corrected chi connectivity index (χ2v) is 6.30. The maximum atomic E-state index is 6.04. The predicted molar refractivity (Wildman–Crippen MR) is 73.9 cm³/mol. The molecular weight excluding hydrogens is 238 g/mol. The molecule has 2 aliphatic carbocycles. The molecule has 2 atom stereocenters. The number of aromatic nitrogens is 2. The lowest BCUT2D eigenvalue weighted by molar-refractivity contribution is 0.296. The summed E-state index contributed by atoms with van der Waals surface area (Å²) >= 11 is 0. The zero-order valence-corrected chi connectivity index (χ0v) is 11.7. The van der Waals surface area contributed by atoms with Gasteiger partial charge in [0.05, 0.1) is 0 Å². The Morgan fingerprint density at radius 1 is 0.895 bits per heavy atom. The topological polar surface area (TPSA) is 64.9 Å². The molecule has 2 saturated carbocycles. The summed E-state index contributed by atoms with van der Waals surface area (Å²) < 4.78 is 5.53. The van der Waals surface area contributed by atoms with Crippen molar-refractivity contribution in [3.05, 3.63) is 11.7 Å². The number of nitrogens with two attached hydrogens (primary N) is 1. The van der Waals surface area contributed by atoms with Crippen molar-refractivity contribution >= 4 is 0 Å². The first kappa shape index (κ1) is 13.1. The quantitative estimate of drug-likeness (QED) is 0.829. The minimum absolute atomic E-state index is 0.312. The SMILES string of the molecule is N[C@H]1CCC[C@H](c2nc(C3CCCCCC3)no2)C1. The van der Waals surface area contributed by atoms with E-state index in [2.05, 4.69) is 5.16 Å². The molecule has 3 rings (SSSR count). The summed E-state index contributed by atoms with van der Waals surface area (Å²) in [5.41, 5.74) is 6.04. The van der Waals surface area contributed by atoms with E-state index in [0.717, 1.165) is 31.0 Å². The molecular formula is C15H25N3O. The molecule has 1 heterocycles. The van der Waals surface area contributed by atoms with Crippen LogP contribution in [-0.2, 0) is 0 Å². The third kappa shape index (κ3) is 3.16. The predicted octanol–water partition coefficient (Wildman–Crippen LogP) is 3.49. The van der Waals surface area contributed by atoms with Crippen molar-refractivity contribution in [1.82, 2.24) is 10.1 Å². The van der Waals surface area contributed by atoms with Crippen LogP contribution in [0.15, 0.2) is 4.52 Å². The minimum atomic E-state index is 0.312. The molecule has 2 aliphatic rings. The van der Waals surface area contributed by atoms with E-state index < -0.39 is 0 Å². The van der Waals surface area contributed by atoms with E-state index in [0.29, 0.717) is 17.9 Å². The van der Waals surface area contributed by atoms with Crippen LogP contribution in [0.4, 0.5) is 0 Å². The monoisotopic (exact) mass is 263 g/mol. The smallest absolute Gasteiger partial charge is 0.229 e. The lowest BCUT2D eigenvalue weighted by atomic mass is 9.86. The van der Waals surface area contributed by atoms with Gasteiger partial charge in [0.2, 0.25) is 5.89 Å². The summed E-state index contributed by atoms with van der Waals surface area (Å²) in [6.45, 7) is 0. The maximum Gasteiger partial charge on any atom is 0.229 e. The van der Waals surface area contributed by atoms with Gasteiger partial charge in [-0.3, -0.25) is 0 Å². The standard InChI is InChI=1S/C15H25N3O/c16-13-9-5-8-12(10-13)15-17-14(18-19-15)11-6-3-1-2-4-7-11/h11-13H,1-10,16H2/t12-,13-/m0/s1. The molecule has 4 nitrogen and oxygen atoms in total. The van der Waals surface area contributed by atoms with E-state index in [1.54, 1.807) is 0 Å². The van der Waals surface area contributed by atoms with Gasteiger partial charge in [-0.2, -0.15) is 4.98 Å². The van der Waals surface area contributed by atoms with Crippen LogP contribution in [0.5, 0.6) is 0 Å². The molecule has 19 heavy (non-hydrogen) atoms. The lowest BCUT2D eigenvalue weighted by Crippen LogP contribution is -2.27. The van der Waals surface area contributed by atoms with Crippen molar-refractivity contribution in [2.24, 2.45) is 5.73 Å². The molecule has 0 radical (unpaired) electrons. The van der Waals surface area contributed by atoms with Crippen molar-refractivity contribution in [1.29, 1.82) is 0 Å². The zero-order chi connectivity index (χ0) is 13.1. The first-order valence-electron chi connectivity index (χ1n) is 7.92. The van der Waals surface area contributed by atoms with Crippen LogP contribution < -0.4 is 5.73 Å². The van der Waals surface area contributed by atoms with Crippen LogP contribution in [0.25, 0.3) is 0 Å². The summed E-state index contributed by atoms with van der Waals surface area (Å²) in [6, 6.07) is 0.312. The fraction of sp³-hybridized carbons (Fsp3) is 0.867. The highest BCUT2D eigenvalue weighted by Gasteiger charge is 2.27. The van der Waals surface area contributed by atoms with Gasteiger partial charge in [0.25, 0.3) is 0 Å². The van der Waals surface area contributed by atoms with Crippen LogP contribution in [-0.4, -0.2) is 16.2 Å². The second kappa shape index (κ2) is 6.04. The molecule has 0 unspecified atom stereocenters. The Balaban J connectivity index is 1.68. The number of rotatable bonds is 2. The van der Waals surface area contributed by atoms with Gasteiger partial charge in [0.1, 0.15) is 0 Å². The summed E-state index contributed by atoms with van der Waals surface area (Å²) in [6.07, 6.45) is 12.3. The number of nitrogens with zero attached hydrogens (tertiary/aromatic N) is 2. The van der Waals surface area contributed by atoms with E-state index in [4.69, 9.17) is 15.2 Å². The first-order chi connectivity index (χ1) is 9.33. The molecule has 0 saturated heterocycles. The fourth-order valence-corrected chi connectivity index (χ4v) is 3.57. The summed E-state index contributed by atoms with van der Waals surface area (Å²) in [4.78, 5) is 4.70. The normalized spacial score (nSPS) is 30.2. The summed E-state index contributed by atoms with van der Waals surface area (Å²) in [5.74, 6) is 2.72. The van der Waals surface area contributed by atoms with E-state index in [-0.39, 0.29) is 0 Å². The highest BCUT2D eigenvalue weighted by atomic mass is 16.5. The molecule has 2 fully saturated rings. The van der Waals surface area contributed by atoms with Crippen LogP contribution in [0.1, 0.15) is 87.8 Å². The lowest BCUT2D eigenvalue weighted by Gasteiger charge is -2.23. The molecule has 0 bridgehead atoms. The second-order valence-electron chi connectivity index (χ2n) is 6.30. The van der Waals surface area contributed by atoms with E-state index in [1.807, 2.05) is 0 Å². The van der Waals surface area contributed by atoms with Crippen molar-refractivity contribution in [3.8, 4) is 0 Å². The molecule has 0 amide bonds. The molecule has 106 valence electrons. The Hall–Kier alpha value is -0.900. The first-order valence-corrected chi connectivity index (χ1v) is 7.92. The third-order valence-corrected chi connectivity index (χ3v) is 4.74. The van der Waals surface area contributed by atoms with Gasteiger partial charge in [-0.05, 0) is 32.1 Å². The average molecular weight is 263 g/mol. The molecule has 0 spiro atoms. The van der Waals surface area contributed by atoms with Gasteiger partial charge in [-0.15, -0.1) is 0 Å². The summed E-state index contributed by atoms with van der Waals surface area (Å²) in [5, 5.41) is 4.25. The van der Waals surface area contributed by atoms with Crippen LogP contribution in [0.2, 0.25) is 0 Å². The van der Waals surface area contributed by atoms with E-state index in [1.165, 1.54) is 44.9 Å². The van der Waals surface area contributed by atoms with Gasteiger partial charge in [-0.25, -0.2) is 0 Å². The van der Waals surface area contributed by atoms with Gasteiger partial charge >= 0.3 is 0 Å². The van der Waals surface area contributed by atoms with Crippen LogP contribution in [0, 0.1) is 0 Å². The Bertz CT molecular complexity index is 379. The van der Waals surface area contributed by atoms with Gasteiger partial charge in [0, 0.05) is 17.9 Å². The highest BCUT2D eigenvalue weighted by molar-refractivity contribution is 5.01. The largest absolute Gasteiger partial charge is 0.339 e. The van der Waals surface area contributed by atoms with Gasteiger partial charge in [-0.1, -0.05) is 37.3 Å². The Morgan fingerprint density at radius 3 is 2.37 bits per heavy atom. The average Bonchev–Trinajstić information content (AvgIpc) is 2.75. The van der Waals surface area contributed by atoms with Crippen molar-refractivity contribution in [2.45, 2.75) is 82.1 Å². The van der Waals surface area contributed by atoms with Crippen LogP contribution >= 0.6 is 0 Å². The Morgan fingerprint density at radius 2 is 1.63 bits per heavy atom. The molecule has 4 heteroatoms. The number of hydrogen-bond acceptors (Lipinski definition) is 4. The molecule has 2 N–H and O–H groups in total. The van der Waals surface area contributed by atoms with Gasteiger partial charge < -0.3 is 10.3 Å². The fourth-order valence-electron chi connectivity index (χ4n) is 3.57. The Kier molecular flexibility index (Phi) is 4.16. The minimum Gasteiger partial charge on any atom is -0.339 e. The highest BCUT2D eigenvalue weighted by Crippen LogP contribution is 2.34.